The van der Waals surface area contributed by atoms with Gasteiger partial charge in [0.1, 0.15) is 28.0 Å². The summed E-state index contributed by atoms with van der Waals surface area (Å²) in [6.45, 7) is 3.04. The Kier molecular flexibility index (Phi) is 5.19. The standard InChI is InChI=1S/C18H17F2N5O3S2/c1-17(2,26)4-3-10-7-11(30(28)24-18(27)5-6-18)9-25-12(8-21-14(10)25)15-22-23-16(29-15)13(19)20/h7-9,13,24,26-27H,5-6H2,1-2H3. The van der Waals surface area contributed by atoms with Crippen molar-refractivity contribution in [2.75, 3.05) is 0 Å². The Balaban J connectivity index is 1.85. The van der Waals surface area contributed by atoms with E-state index < -0.39 is 33.7 Å². The van der Waals surface area contributed by atoms with Crippen LogP contribution in [0.25, 0.3) is 16.3 Å². The van der Waals surface area contributed by atoms with Crippen molar-refractivity contribution in [1.82, 2.24) is 24.3 Å². The Morgan fingerprint density at radius 2 is 2.13 bits per heavy atom. The maximum Gasteiger partial charge on any atom is 0.291 e. The Hall–Kier alpha value is -2.30. The molecule has 158 valence electrons. The zero-order valence-electron chi connectivity index (χ0n) is 15.9. The number of alkyl halides is 2. The zero-order chi connectivity index (χ0) is 21.7. The number of aromatic nitrogens is 4. The van der Waals surface area contributed by atoms with Gasteiger partial charge in [-0.3, -0.25) is 4.40 Å². The lowest BCUT2D eigenvalue weighted by Gasteiger charge is -2.11. The second-order valence-corrected chi connectivity index (χ2v) is 9.61. The topological polar surface area (TPSA) is 113 Å². The van der Waals surface area contributed by atoms with Crippen LogP contribution in [-0.2, 0) is 11.0 Å². The second kappa shape index (κ2) is 7.44. The molecule has 30 heavy (non-hydrogen) atoms. The molecule has 3 N–H and O–H groups in total. The molecule has 1 aliphatic rings. The van der Waals surface area contributed by atoms with E-state index >= 15 is 0 Å². The first-order chi connectivity index (χ1) is 14.0. The van der Waals surface area contributed by atoms with Crippen LogP contribution in [0.5, 0.6) is 0 Å². The molecule has 0 aliphatic heterocycles. The van der Waals surface area contributed by atoms with E-state index in [0.717, 1.165) is 11.3 Å². The van der Waals surface area contributed by atoms with Crippen molar-refractivity contribution in [3.05, 3.63) is 29.0 Å². The highest BCUT2D eigenvalue weighted by atomic mass is 32.2. The van der Waals surface area contributed by atoms with E-state index in [4.69, 9.17) is 0 Å². The third-order valence-corrected chi connectivity index (χ3v) is 6.32. The molecule has 0 saturated heterocycles. The molecule has 3 heterocycles. The number of rotatable bonds is 5. The van der Waals surface area contributed by atoms with Crippen LogP contribution in [0, 0.1) is 11.8 Å². The average molecular weight is 453 g/mol. The maximum absolute atomic E-state index is 12.9. The number of hydrogen-bond acceptors (Lipinski definition) is 7. The number of pyridine rings is 1. The monoisotopic (exact) mass is 453 g/mol. The van der Waals surface area contributed by atoms with Gasteiger partial charge < -0.3 is 10.2 Å². The molecule has 0 bridgehead atoms. The van der Waals surface area contributed by atoms with E-state index in [1.54, 1.807) is 6.07 Å². The minimum Gasteiger partial charge on any atom is -0.378 e. The highest BCUT2D eigenvalue weighted by Crippen LogP contribution is 2.34. The number of fused-ring (bicyclic) bond motifs is 1. The molecule has 1 aliphatic carbocycles. The number of nitrogens with zero attached hydrogens (tertiary/aromatic N) is 4. The van der Waals surface area contributed by atoms with Crippen LogP contribution in [0.3, 0.4) is 0 Å². The Labute approximate surface area is 176 Å². The molecular formula is C18H17F2N5O3S2. The largest absolute Gasteiger partial charge is 0.378 e. The van der Waals surface area contributed by atoms with Crippen molar-refractivity contribution in [1.29, 1.82) is 0 Å². The highest BCUT2D eigenvalue weighted by Gasteiger charge is 2.42. The van der Waals surface area contributed by atoms with Gasteiger partial charge in [0.15, 0.2) is 15.7 Å². The van der Waals surface area contributed by atoms with Gasteiger partial charge in [0.05, 0.1) is 16.7 Å². The van der Waals surface area contributed by atoms with E-state index in [0.29, 0.717) is 34.6 Å². The molecule has 1 fully saturated rings. The summed E-state index contributed by atoms with van der Waals surface area (Å²) in [4.78, 5) is 4.59. The number of aliphatic hydroxyl groups is 2. The molecule has 4 rings (SSSR count). The van der Waals surface area contributed by atoms with Crippen LogP contribution in [-0.4, -0.2) is 45.3 Å². The minimum atomic E-state index is -2.74. The van der Waals surface area contributed by atoms with Gasteiger partial charge in [-0.1, -0.05) is 23.2 Å². The van der Waals surface area contributed by atoms with E-state index in [1.165, 1.54) is 30.6 Å². The molecule has 3 aromatic heterocycles. The smallest absolute Gasteiger partial charge is 0.291 e. The first-order valence-corrected chi connectivity index (χ1v) is 10.8. The van der Waals surface area contributed by atoms with Crippen molar-refractivity contribution < 1.29 is 23.2 Å². The van der Waals surface area contributed by atoms with Gasteiger partial charge >= 0.3 is 0 Å². The lowest BCUT2D eigenvalue weighted by atomic mass is 10.1. The first-order valence-electron chi connectivity index (χ1n) is 8.85. The molecule has 0 aromatic carbocycles. The predicted octanol–water partition coefficient (Wildman–Crippen LogP) is 2.01. The van der Waals surface area contributed by atoms with Crippen LogP contribution < -0.4 is 4.72 Å². The summed E-state index contributed by atoms with van der Waals surface area (Å²) >= 11 is 0.731. The van der Waals surface area contributed by atoms with Crippen LogP contribution in [0.4, 0.5) is 8.78 Å². The molecule has 1 atom stereocenters. The summed E-state index contributed by atoms with van der Waals surface area (Å²) in [5.74, 6) is 5.51. The molecule has 3 aromatic rings. The van der Waals surface area contributed by atoms with Gasteiger partial charge in [0.25, 0.3) is 6.43 Å². The van der Waals surface area contributed by atoms with Crippen molar-refractivity contribution in [2.24, 2.45) is 0 Å². The van der Waals surface area contributed by atoms with Crippen molar-refractivity contribution in [3.63, 3.8) is 0 Å². The zero-order valence-corrected chi connectivity index (χ0v) is 17.5. The molecule has 8 nitrogen and oxygen atoms in total. The molecular weight excluding hydrogens is 436 g/mol. The Morgan fingerprint density at radius 1 is 1.40 bits per heavy atom. The number of imidazole rings is 1. The molecule has 1 unspecified atom stereocenters. The number of halogens is 2. The van der Waals surface area contributed by atoms with Gasteiger partial charge in [0, 0.05) is 6.20 Å². The molecule has 12 heteroatoms. The first kappa shape index (κ1) is 21.0. The van der Waals surface area contributed by atoms with Crippen molar-refractivity contribution >= 4 is 28.0 Å². The van der Waals surface area contributed by atoms with Crippen LogP contribution in [0.15, 0.2) is 23.4 Å². The SMILES string of the molecule is CC(C)(O)C#Cc1cc(S(=O)NC2(O)CC2)cn2c(-c3nnc(C(F)F)s3)cnc12. The predicted molar refractivity (Wildman–Crippen MR) is 106 cm³/mol. The van der Waals surface area contributed by atoms with Crippen LogP contribution in [0.1, 0.15) is 43.7 Å². The molecule has 0 radical (unpaired) electrons. The van der Waals surface area contributed by atoms with Crippen LogP contribution >= 0.6 is 11.3 Å². The summed E-state index contributed by atoms with van der Waals surface area (Å²) in [6.07, 6.45) is 1.20. The van der Waals surface area contributed by atoms with Crippen LogP contribution in [0.2, 0.25) is 0 Å². The third-order valence-electron chi connectivity index (χ3n) is 4.15. The summed E-state index contributed by atoms with van der Waals surface area (Å²) in [7, 11) is -1.76. The van der Waals surface area contributed by atoms with Gasteiger partial charge in [-0.2, -0.15) is 0 Å². The molecule has 1 saturated carbocycles. The lowest BCUT2D eigenvalue weighted by molar-refractivity contribution is 0.140. The van der Waals surface area contributed by atoms with Crippen molar-refractivity contribution in [2.45, 2.75) is 49.3 Å². The summed E-state index contributed by atoms with van der Waals surface area (Å²) in [5, 5.41) is 27.1. The Bertz CT molecular complexity index is 1200. The summed E-state index contributed by atoms with van der Waals surface area (Å²) < 4.78 is 42.8. The second-order valence-electron chi connectivity index (χ2n) is 7.38. The van der Waals surface area contributed by atoms with Crippen molar-refractivity contribution in [3.8, 4) is 22.5 Å². The fourth-order valence-corrected chi connectivity index (χ4v) is 4.31. The number of hydrogen-bond donors (Lipinski definition) is 3. The summed E-state index contributed by atoms with van der Waals surface area (Å²) in [6, 6.07) is 1.55. The van der Waals surface area contributed by atoms with E-state index in [-0.39, 0.29) is 5.01 Å². The van der Waals surface area contributed by atoms with Gasteiger partial charge in [-0.25, -0.2) is 22.7 Å². The average Bonchev–Trinajstić information content (AvgIpc) is 3.08. The van der Waals surface area contributed by atoms with Gasteiger partial charge in [-0.05, 0) is 32.8 Å². The molecule has 0 amide bonds. The van der Waals surface area contributed by atoms with E-state index in [9.17, 15) is 23.2 Å². The van der Waals surface area contributed by atoms with E-state index in [1.807, 2.05) is 0 Å². The summed E-state index contributed by atoms with van der Waals surface area (Å²) in [5.41, 5.74) is -1.31. The van der Waals surface area contributed by atoms with E-state index in [2.05, 4.69) is 31.7 Å². The minimum absolute atomic E-state index is 0.218. The third kappa shape index (κ3) is 4.40. The maximum atomic E-state index is 12.9. The highest BCUT2D eigenvalue weighted by molar-refractivity contribution is 7.83. The quantitative estimate of drug-likeness (QED) is 0.402. The normalized spacial score (nSPS) is 16.5. The number of nitrogens with one attached hydrogen (secondary N) is 1. The lowest BCUT2D eigenvalue weighted by Crippen LogP contribution is -2.32. The van der Waals surface area contributed by atoms with Gasteiger partial charge in [0.2, 0.25) is 0 Å². The Morgan fingerprint density at radius 3 is 2.73 bits per heavy atom. The van der Waals surface area contributed by atoms with Gasteiger partial charge in [-0.15, -0.1) is 10.2 Å². The fraction of sp³-hybridized carbons (Fsp3) is 0.389. The molecule has 0 spiro atoms. The fourth-order valence-electron chi connectivity index (χ4n) is 2.51.